The minimum Gasteiger partial charge on any atom is -0.496 e. The van der Waals surface area contributed by atoms with Gasteiger partial charge < -0.3 is 10.1 Å². The van der Waals surface area contributed by atoms with Crippen LogP contribution in [0, 0.1) is 0 Å². The monoisotopic (exact) mass is 444 g/mol. The molecule has 0 atom stereocenters. The van der Waals surface area contributed by atoms with E-state index >= 15 is 0 Å². The van der Waals surface area contributed by atoms with E-state index in [1.54, 1.807) is 7.11 Å². The number of aryl methyl sites for hydroxylation is 1. The lowest BCUT2D eigenvalue weighted by atomic mass is 10.1. The van der Waals surface area contributed by atoms with Gasteiger partial charge in [-0.2, -0.15) is 0 Å². The molecule has 0 saturated carbocycles. The number of nitrogens with zero attached hydrogens (tertiary/aromatic N) is 3. The summed E-state index contributed by atoms with van der Waals surface area (Å²) < 4.78 is 7.48. The number of hydrogen-bond donors (Lipinski definition) is 1. The van der Waals surface area contributed by atoms with E-state index in [-0.39, 0.29) is 11.7 Å². The van der Waals surface area contributed by atoms with E-state index in [1.807, 2.05) is 83.4 Å². The molecule has 0 saturated heterocycles. The van der Waals surface area contributed by atoms with Crippen LogP contribution in [0.2, 0.25) is 0 Å². The van der Waals surface area contributed by atoms with Crippen molar-refractivity contribution in [2.75, 3.05) is 18.2 Å². The maximum Gasteiger partial charge on any atom is 0.234 e. The zero-order chi connectivity index (χ0) is 22.3. The van der Waals surface area contributed by atoms with Gasteiger partial charge in [0.05, 0.1) is 18.4 Å². The van der Waals surface area contributed by atoms with Crippen LogP contribution in [0.3, 0.4) is 0 Å². The summed E-state index contributed by atoms with van der Waals surface area (Å²) in [5.41, 5.74) is 3.76. The van der Waals surface area contributed by atoms with E-state index in [1.165, 1.54) is 17.3 Å². The van der Waals surface area contributed by atoms with Gasteiger partial charge in [-0.05, 0) is 48.4 Å². The molecule has 4 aromatic rings. The molecule has 0 spiro atoms. The maximum atomic E-state index is 12.6. The number of nitrogens with one attached hydrogen (secondary N) is 1. The molecule has 1 heterocycles. The van der Waals surface area contributed by atoms with Crippen molar-refractivity contribution in [1.29, 1.82) is 0 Å². The van der Waals surface area contributed by atoms with Crippen LogP contribution in [0.4, 0.5) is 5.69 Å². The van der Waals surface area contributed by atoms with Crippen molar-refractivity contribution in [2.24, 2.45) is 0 Å². The van der Waals surface area contributed by atoms with Gasteiger partial charge in [-0.1, -0.05) is 61.2 Å². The summed E-state index contributed by atoms with van der Waals surface area (Å²) >= 11 is 1.34. The minimum atomic E-state index is -0.0966. The average Bonchev–Trinajstić information content (AvgIpc) is 3.27. The minimum absolute atomic E-state index is 0.0966. The van der Waals surface area contributed by atoms with E-state index in [4.69, 9.17) is 4.74 Å². The van der Waals surface area contributed by atoms with Gasteiger partial charge in [-0.25, -0.2) is 0 Å². The number of aromatic nitrogens is 3. The van der Waals surface area contributed by atoms with Gasteiger partial charge in [-0.15, -0.1) is 10.2 Å². The molecule has 0 fully saturated rings. The van der Waals surface area contributed by atoms with Gasteiger partial charge in [0, 0.05) is 11.4 Å². The summed E-state index contributed by atoms with van der Waals surface area (Å²) in [4.78, 5) is 12.6. The Morgan fingerprint density at radius 1 is 0.969 bits per heavy atom. The number of thioether (sulfide) groups is 1. The topological polar surface area (TPSA) is 69.0 Å². The van der Waals surface area contributed by atoms with Crippen LogP contribution in [-0.2, 0) is 11.2 Å². The first-order valence-electron chi connectivity index (χ1n) is 10.4. The first-order valence-corrected chi connectivity index (χ1v) is 11.3. The zero-order valence-electron chi connectivity index (χ0n) is 18.0. The quantitative estimate of drug-likeness (QED) is 0.377. The van der Waals surface area contributed by atoms with Gasteiger partial charge in [0.15, 0.2) is 11.0 Å². The van der Waals surface area contributed by atoms with Crippen molar-refractivity contribution in [3.05, 3.63) is 84.4 Å². The highest BCUT2D eigenvalue weighted by Gasteiger charge is 2.19. The standard InChI is InChI=1S/C25H24N4O2S/c1-3-18-13-15-19(16-14-18)26-23(30)17-32-25-28-27-24(21-11-7-8-12-22(21)31-2)29(25)20-9-5-4-6-10-20/h4-16H,3,17H2,1-2H3,(H,26,30). The average molecular weight is 445 g/mol. The van der Waals surface area contributed by atoms with Gasteiger partial charge in [0.2, 0.25) is 5.91 Å². The number of amides is 1. The third kappa shape index (κ3) is 4.84. The number of anilines is 1. The molecule has 0 aliphatic rings. The highest BCUT2D eigenvalue weighted by atomic mass is 32.2. The number of rotatable bonds is 8. The molecule has 4 rings (SSSR count). The largest absolute Gasteiger partial charge is 0.496 e. The highest BCUT2D eigenvalue weighted by molar-refractivity contribution is 7.99. The van der Waals surface area contributed by atoms with Gasteiger partial charge in [0.1, 0.15) is 5.75 Å². The van der Waals surface area contributed by atoms with Crippen molar-refractivity contribution in [1.82, 2.24) is 14.8 Å². The Labute approximate surface area is 191 Å². The number of benzene rings is 3. The van der Waals surface area contributed by atoms with Crippen LogP contribution >= 0.6 is 11.8 Å². The molecule has 0 aliphatic carbocycles. The van der Waals surface area contributed by atoms with Crippen molar-refractivity contribution in [3.8, 4) is 22.8 Å². The summed E-state index contributed by atoms with van der Waals surface area (Å²) in [6, 6.07) is 25.4. The first-order chi connectivity index (χ1) is 15.7. The van der Waals surface area contributed by atoms with Crippen molar-refractivity contribution >= 4 is 23.4 Å². The number of ether oxygens (including phenoxy) is 1. The Morgan fingerprint density at radius 2 is 1.69 bits per heavy atom. The smallest absolute Gasteiger partial charge is 0.234 e. The zero-order valence-corrected chi connectivity index (χ0v) is 18.8. The van der Waals surface area contributed by atoms with Gasteiger partial charge >= 0.3 is 0 Å². The molecule has 0 bridgehead atoms. The lowest BCUT2D eigenvalue weighted by Gasteiger charge is -2.12. The molecule has 0 unspecified atom stereocenters. The van der Waals surface area contributed by atoms with Crippen molar-refractivity contribution in [3.63, 3.8) is 0 Å². The van der Waals surface area contributed by atoms with E-state index in [9.17, 15) is 4.79 Å². The van der Waals surface area contributed by atoms with E-state index < -0.39 is 0 Å². The molecular formula is C25H24N4O2S. The van der Waals surface area contributed by atoms with Crippen LogP contribution in [0.1, 0.15) is 12.5 Å². The van der Waals surface area contributed by atoms with Crippen molar-refractivity contribution in [2.45, 2.75) is 18.5 Å². The van der Waals surface area contributed by atoms with Crippen LogP contribution in [0.25, 0.3) is 17.1 Å². The predicted molar refractivity (Wildman–Crippen MR) is 129 cm³/mol. The summed E-state index contributed by atoms with van der Waals surface area (Å²) in [5.74, 6) is 1.49. The summed E-state index contributed by atoms with van der Waals surface area (Å²) in [6.07, 6.45) is 0.966. The molecule has 162 valence electrons. The van der Waals surface area contributed by atoms with E-state index in [0.717, 1.165) is 23.4 Å². The normalized spacial score (nSPS) is 10.7. The Morgan fingerprint density at radius 3 is 2.41 bits per heavy atom. The molecule has 0 radical (unpaired) electrons. The molecule has 7 heteroatoms. The predicted octanol–water partition coefficient (Wildman–Crippen LogP) is 5.24. The Hall–Kier alpha value is -3.58. The Bertz CT molecular complexity index is 1190. The molecular weight excluding hydrogens is 420 g/mol. The molecule has 0 aliphatic heterocycles. The third-order valence-electron chi connectivity index (χ3n) is 4.97. The van der Waals surface area contributed by atoms with Crippen LogP contribution in [-0.4, -0.2) is 33.5 Å². The van der Waals surface area contributed by atoms with Crippen LogP contribution < -0.4 is 10.1 Å². The Kier molecular flexibility index (Phi) is 6.87. The van der Waals surface area contributed by atoms with E-state index in [0.29, 0.717) is 16.7 Å². The second-order valence-electron chi connectivity index (χ2n) is 7.06. The second-order valence-corrected chi connectivity index (χ2v) is 8.01. The Balaban J connectivity index is 1.58. The third-order valence-corrected chi connectivity index (χ3v) is 5.90. The summed E-state index contributed by atoms with van der Waals surface area (Å²) in [5, 5.41) is 12.4. The first kappa shape index (κ1) is 21.6. The fourth-order valence-electron chi connectivity index (χ4n) is 3.33. The number of hydrogen-bond acceptors (Lipinski definition) is 5. The van der Waals surface area contributed by atoms with Gasteiger partial charge in [-0.3, -0.25) is 9.36 Å². The molecule has 1 N–H and O–H groups in total. The van der Waals surface area contributed by atoms with Gasteiger partial charge in [0.25, 0.3) is 0 Å². The lowest BCUT2D eigenvalue weighted by molar-refractivity contribution is -0.113. The van der Waals surface area contributed by atoms with Crippen LogP contribution in [0.5, 0.6) is 5.75 Å². The van der Waals surface area contributed by atoms with E-state index in [2.05, 4.69) is 22.4 Å². The number of para-hydroxylation sites is 2. The van der Waals surface area contributed by atoms with Crippen molar-refractivity contribution < 1.29 is 9.53 Å². The molecule has 32 heavy (non-hydrogen) atoms. The second kappa shape index (κ2) is 10.2. The number of methoxy groups -OCH3 is 1. The SMILES string of the molecule is CCc1ccc(NC(=O)CSc2nnc(-c3ccccc3OC)n2-c2ccccc2)cc1. The molecule has 3 aromatic carbocycles. The maximum absolute atomic E-state index is 12.6. The van der Waals surface area contributed by atoms with Crippen LogP contribution in [0.15, 0.2) is 84.0 Å². The lowest BCUT2D eigenvalue weighted by Crippen LogP contribution is -2.14. The molecule has 1 amide bonds. The summed E-state index contributed by atoms with van der Waals surface area (Å²) in [7, 11) is 1.63. The fourth-order valence-corrected chi connectivity index (χ4v) is 4.08. The fraction of sp³-hybridized carbons (Fsp3) is 0.160. The number of carbonyl (C=O) groups is 1. The molecule has 1 aromatic heterocycles. The number of carbonyl (C=O) groups excluding carboxylic acids is 1. The highest BCUT2D eigenvalue weighted by Crippen LogP contribution is 2.33. The summed E-state index contributed by atoms with van der Waals surface area (Å²) in [6.45, 7) is 2.10. The molecule has 6 nitrogen and oxygen atoms in total.